The van der Waals surface area contributed by atoms with Crippen LogP contribution < -0.4 is 0 Å². The molecule has 0 aromatic rings. The SMILES string of the molecule is COC[C@@H]1CCCN1/N=C(/C[C@@H](C(C)C)C(C(=O)OC)C(=O)OC)C(F)(F)F. The summed E-state index contributed by atoms with van der Waals surface area (Å²) in [5, 5.41) is 5.25. The van der Waals surface area contributed by atoms with E-state index in [1.54, 1.807) is 13.8 Å². The van der Waals surface area contributed by atoms with Crippen LogP contribution in [0.25, 0.3) is 0 Å². The summed E-state index contributed by atoms with van der Waals surface area (Å²) in [5.41, 5.74) is -1.04. The largest absolute Gasteiger partial charge is 0.468 e. The summed E-state index contributed by atoms with van der Waals surface area (Å²) in [4.78, 5) is 24.2. The number of hydrazone groups is 1. The highest BCUT2D eigenvalue weighted by Crippen LogP contribution is 2.33. The predicted octanol–water partition coefficient (Wildman–Crippen LogP) is 2.64. The molecule has 0 amide bonds. The Morgan fingerprint density at radius 3 is 2.14 bits per heavy atom. The van der Waals surface area contributed by atoms with Gasteiger partial charge in [-0.3, -0.25) is 14.6 Å². The molecule has 0 N–H and O–H groups in total. The van der Waals surface area contributed by atoms with Crippen molar-refractivity contribution in [2.75, 3.05) is 34.5 Å². The molecule has 0 unspecified atom stereocenters. The van der Waals surface area contributed by atoms with E-state index < -0.39 is 48.0 Å². The first-order valence-electron chi connectivity index (χ1n) is 9.12. The molecule has 1 fully saturated rings. The van der Waals surface area contributed by atoms with E-state index in [1.807, 2.05) is 0 Å². The number of hydrogen-bond acceptors (Lipinski definition) is 7. The highest BCUT2D eigenvalue weighted by Gasteiger charge is 2.45. The quantitative estimate of drug-likeness (QED) is 0.330. The Hall–Kier alpha value is -1.84. The molecule has 1 saturated heterocycles. The fourth-order valence-corrected chi connectivity index (χ4v) is 3.34. The highest BCUT2D eigenvalue weighted by atomic mass is 19.4. The molecule has 1 heterocycles. The zero-order chi connectivity index (χ0) is 21.5. The zero-order valence-corrected chi connectivity index (χ0v) is 16.9. The Bertz CT molecular complexity index is 550. The third-order valence-electron chi connectivity index (χ3n) is 4.91. The number of alkyl halides is 3. The van der Waals surface area contributed by atoms with E-state index in [-0.39, 0.29) is 12.6 Å². The number of methoxy groups -OCH3 is 3. The molecular formula is C18H29F3N2O5. The van der Waals surface area contributed by atoms with Crippen molar-refractivity contribution in [2.45, 2.75) is 45.3 Å². The van der Waals surface area contributed by atoms with Gasteiger partial charge in [-0.2, -0.15) is 18.3 Å². The van der Waals surface area contributed by atoms with Gasteiger partial charge in [0.15, 0.2) is 5.92 Å². The van der Waals surface area contributed by atoms with Gasteiger partial charge in [-0.1, -0.05) is 13.8 Å². The van der Waals surface area contributed by atoms with Crippen molar-refractivity contribution in [2.24, 2.45) is 22.9 Å². The number of halogens is 3. The van der Waals surface area contributed by atoms with Gasteiger partial charge in [0.05, 0.1) is 26.9 Å². The van der Waals surface area contributed by atoms with Crippen molar-refractivity contribution in [1.82, 2.24) is 5.01 Å². The molecule has 1 rings (SSSR count). The van der Waals surface area contributed by atoms with Crippen LogP contribution in [0.2, 0.25) is 0 Å². The minimum atomic E-state index is -4.70. The average molecular weight is 410 g/mol. The first kappa shape index (κ1) is 24.2. The van der Waals surface area contributed by atoms with Gasteiger partial charge in [-0.05, 0) is 24.7 Å². The summed E-state index contributed by atoms with van der Waals surface area (Å²) in [6.45, 7) is 3.94. The lowest BCUT2D eigenvalue weighted by Crippen LogP contribution is -2.40. The standard InChI is InChI=1S/C18H29F3N2O5/c1-11(2)13(15(16(24)27-4)17(25)28-5)9-14(18(19,20)21)22-23-8-6-7-12(23)10-26-3/h11-13,15H,6-10H2,1-5H3/b22-14-/t12-,13-/m0/s1. The Morgan fingerprint density at radius 1 is 1.14 bits per heavy atom. The Balaban J connectivity index is 3.24. The van der Waals surface area contributed by atoms with Crippen LogP contribution in [0.5, 0.6) is 0 Å². The molecule has 1 aliphatic heterocycles. The number of carbonyl (C=O) groups is 2. The number of rotatable bonds is 9. The molecule has 0 aliphatic carbocycles. The van der Waals surface area contributed by atoms with Crippen molar-refractivity contribution < 1.29 is 37.0 Å². The fraction of sp³-hybridized carbons (Fsp3) is 0.833. The maximum Gasteiger partial charge on any atom is 0.431 e. The van der Waals surface area contributed by atoms with Crippen molar-refractivity contribution in [3.63, 3.8) is 0 Å². The number of ether oxygens (including phenoxy) is 3. The average Bonchev–Trinajstić information content (AvgIpc) is 3.05. The van der Waals surface area contributed by atoms with Crippen LogP contribution in [0.1, 0.15) is 33.1 Å². The minimum absolute atomic E-state index is 0.239. The highest BCUT2D eigenvalue weighted by molar-refractivity contribution is 5.97. The topological polar surface area (TPSA) is 77.4 Å². The van der Waals surface area contributed by atoms with E-state index in [1.165, 1.54) is 12.1 Å². The van der Waals surface area contributed by atoms with Crippen molar-refractivity contribution in [3.8, 4) is 0 Å². The van der Waals surface area contributed by atoms with E-state index in [9.17, 15) is 22.8 Å². The monoisotopic (exact) mass is 410 g/mol. The van der Waals surface area contributed by atoms with Gasteiger partial charge in [0.25, 0.3) is 0 Å². The first-order chi connectivity index (χ1) is 13.1. The molecule has 0 aromatic carbocycles. The molecule has 0 aromatic heterocycles. The van der Waals surface area contributed by atoms with Gasteiger partial charge in [0, 0.05) is 20.1 Å². The lowest BCUT2D eigenvalue weighted by Gasteiger charge is -2.29. The molecule has 0 radical (unpaired) electrons. The van der Waals surface area contributed by atoms with Crippen LogP contribution >= 0.6 is 0 Å². The summed E-state index contributed by atoms with van der Waals surface area (Å²) in [6.07, 6.45) is -3.91. The van der Waals surface area contributed by atoms with E-state index in [0.29, 0.717) is 19.4 Å². The molecular weight excluding hydrogens is 381 g/mol. The number of esters is 2. The van der Waals surface area contributed by atoms with E-state index in [4.69, 9.17) is 4.74 Å². The van der Waals surface area contributed by atoms with Gasteiger partial charge in [-0.15, -0.1) is 0 Å². The molecule has 0 bridgehead atoms. The van der Waals surface area contributed by atoms with Crippen LogP contribution in [0.15, 0.2) is 5.10 Å². The fourth-order valence-electron chi connectivity index (χ4n) is 3.34. The first-order valence-corrected chi connectivity index (χ1v) is 9.12. The molecule has 7 nitrogen and oxygen atoms in total. The molecule has 2 atom stereocenters. The van der Waals surface area contributed by atoms with Crippen LogP contribution in [0.3, 0.4) is 0 Å². The molecule has 162 valence electrons. The van der Waals surface area contributed by atoms with Crippen LogP contribution in [0, 0.1) is 17.8 Å². The van der Waals surface area contributed by atoms with E-state index >= 15 is 0 Å². The minimum Gasteiger partial charge on any atom is -0.468 e. The van der Waals surface area contributed by atoms with Crippen molar-refractivity contribution in [3.05, 3.63) is 0 Å². The lowest BCUT2D eigenvalue weighted by atomic mass is 9.79. The second kappa shape index (κ2) is 10.6. The van der Waals surface area contributed by atoms with Crippen molar-refractivity contribution >= 4 is 17.7 Å². The summed E-state index contributed by atoms with van der Waals surface area (Å²) in [7, 11) is 3.64. The second-order valence-electron chi connectivity index (χ2n) is 7.09. The normalized spacial score (nSPS) is 19.3. The lowest BCUT2D eigenvalue weighted by molar-refractivity contribution is -0.162. The second-order valence-corrected chi connectivity index (χ2v) is 7.09. The molecule has 0 saturated carbocycles. The van der Waals surface area contributed by atoms with Gasteiger partial charge in [0.1, 0.15) is 5.71 Å². The molecule has 0 spiro atoms. The third kappa shape index (κ3) is 6.35. The molecule has 28 heavy (non-hydrogen) atoms. The summed E-state index contributed by atoms with van der Waals surface area (Å²) in [5.74, 6) is -4.72. The summed E-state index contributed by atoms with van der Waals surface area (Å²) in [6, 6.07) is -0.239. The summed E-state index contributed by atoms with van der Waals surface area (Å²) >= 11 is 0. The van der Waals surface area contributed by atoms with E-state index in [0.717, 1.165) is 14.2 Å². The maximum absolute atomic E-state index is 13.7. The van der Waals surface area contributed by atoms with Crippen molar-refractivity contribution in [1.29, 1.82) is 0 Å². The number of hydrogen-bond donors (Lipinski definition) is 0. The number of carbonyl (C=O) groups excluding carboxylic acids is 2. The maximum atomic E-state index is 13.7. The van der Waals surface area contributed by atoms with Gasteiger partial charge in [-0.25, -0.2) is 0 Å². The zero-order valence-electron chi connectivity index (χ0n) is 16.9. The Morgan fingerprint density at radius 2 is 1.71 bits per heavy atom. The Kier molecular flexibility index (Phi) is 9.19. The van der Waals surface area contributed by atoms with Crippen LogP contribution in [-0.4, -0.2) is 69.4 Å². The summed E-state index contributed by atoms with van der Waals surface area (Å²) < 4.78 is 55.5. The van der Waals surface area contributed by atoms with Crippen LogP contribution in [-0.2, 0) is 23.8 Å². The number of nitrogens with zero attached hydrogens (tertiary/aromatic N) is 2. The van der Waals surface area contributed by atoms with E-state index in [2.05, 4.69) is 14.6 Å². The third-order valence-corrected chi connectivity index (χ3v) is 4.91. The smallest absolute Gasteiger partial charge is 0.431 e. The van der Waals surface area contributed by atoms with Gasteiger partial charge < -0.3 is 14.2 Å². The Labute approximate surface area is 163 Å². The van der Waals surface area contributed by atoms with Gasteiger partial charge >= 0.3 is 18.1 Å². The molecule has 1 aliphatic rings. The van der Waals surface area contributed by atoms with Crippen LogP contribution in [0.4, 0.5) is 13.2 Å². The van der Waals surface area contributed by atoms with Gasteiger partial charge in [0.2, 0.25) is 0 Å². The predicted molar refractivity (Wildman–Crippen MR) is 95.6 cm³/mol. The molecule has 10 heteroatoms.